The second kappa shape index (κ2) is 38.4. The highest BCUT2D eigenvalue weighted by Gasteiger charge is 2.52. The summed E-state index contributed by atoms with van der Waals surface area (Å²) in [6.07, 6.45) is -13.3. The molecule has 0 radical (unpaired) electrons. The fraction of sp³-hybridized carbons (Fsp3) is 0.366. The smallest absolute Gasteiger partial charge is 0.270 e. The minimum Gasteiger partial charge on any atom is -0.508 e. The highest BCUT2D eigenvalue weighted by Crippen LogP contribution is 2.50. The van der Waals surface area contributed by atoms with Crippen molar-refractivity contribution in [3.05, 3.63) is 182 Å². The van der Waals surface area contributed by atoms with Crippen LogP contribution in [0, 0.1) is 5.92 Å². The van der Waals surface area contributed by atoms with Crippen LogP contribution >= 0.6 is 34.8 Å². The van der Waals surface area contributed by atoms with Gasteiger partial charge in [-0.1, -0.05) is 79.0 Å². The first-order valence-electron chi connectivity index (χ1n) is 38.2. The Hall–Kier alpha value is -11.4. The van der Waals surface area contributed by atoms with Crippen LogP contribution < -0.4 is 73.3 Å². The molecule has 40 heteroatoms. The second-order valence-corrected chi connectivity index (χ2v) is 31.5. The number of aliphatic hydroxyl groups is 6. The number of carbonyl (C=O) groups is 9. The normalized spacial score (nSPS) is 26.3. The molecule has 18 atom stereocenters. The highest BCUT2D eigenvalue weighted by molar-refractivity contribution is 6.32. The lowest BCUT2D eigenvalue weighted by molar-refractivity contribution is -0.334. The van der Waals surface area contributed by atoms with Crippen LogP contribution in [0.4, 0.5) is 5.69 Å². The Morgan fingerprint density at radius 3 is 2.00 bits per heavy atom. The molecule has 7 aliphatic heterocycles. The van der Waals surface area contributed by atoms with E-state index in [0.717, 1.165) is 73.8 Å². The van der Waals surface area contributed by atoms with Crippen LogP contribution in [-0.2, 0) is 68.7 Å². The van der Waals surface area contributed by atoms with E-state index >= 15 is 24.0 Å². The monoisotopic (exact) mass is 1750 g/mol. The third-order valence-corrected chi connectivity index (χ3v) is 21.9. The van der Waals surface area contributed by atoms with E-state index in [1.165, 1.54) is 44.6 Å². The van der Waals surface area contributed by atoms with Gasteiger partial charge in [-0.3, -0.25) is 53.0 Å². The Bertz CT molecular complexity index is 5190. The minimum absolute atomic E-state index is 0.00869. The van der Waals surface area contributed by atoms with E-state index < -0.39 is 243 Å². The summed E-state index contributed by atoms with van der Waals surface area (Å²) in [5.41, 5.74) is 5.47. The predicted molar refractivity (Wildman–Crippen MR) is 433 cm³/mol. The molecule has 8 heterocycles. The number of likely N-dealkylation sites (N-methyl/N-ethyl adjacent to an activating group) is 1. The summed E-state index contributed by atoms with van der Waals surface area (Å²) in [7, 11) is 2.51. The number of hydrogen-bond acceptors (Lipinski definition) is 28. The third kappa shape index (κ3) is 20.4. The molecule has 6 aromatic carbocycles. The van der Waals surface area contributed by atoms with Gasteiger partial charge < -0.3 is 128 Å². The number of rotatable bonds is 20. The fourth-order valence-electron chi connectivity index (χ4n) is 14.7. The van der Waals surface area contributed by atoms with Gasteiger partial charge in [-0.05, 0) is 151 Å². The SMILES string of the molecule is CN[C@H](CC(C)C)C(=O)N[C@H]1C(=O)N[C@@H](CC(N)=O)C(=O)N[C@H]2C(=O)N[C@H]3C(=O)N[C@H](C(=O)N[C@@H](C(=O)NOC)c4cc(O)cc(O)c4-c4cc3ccc4O)[C@H](O)c3ccc(c(Cl)c3)Oc3cc2cc(c3O[C@@H]2O[C@H](CO)[C@@H](O)[C@H](O)[C@H]2O[C@H]2C[C@](C)(NCc3cncc(NC(=O)/C=C/c4ccc(Cl)cc4)c3)[C@H](O)[C@H](C)O2)Oc2ccc(cc2Cl)[C@H]1O. The number of ether oxygens (including phenoxy) is 6. The van der Waals surface area contributed by atoms with Gasteiger partial charge >= 0.3 is 0 Å². The Morgan fingerprint density at radius 1 is 0.713 bits per heavy atom. The van der Waals surface area contributed by atoms with E-state index in [2.05, 4.69) is 58.3 Å². The average molecular weight is 1750 g/mol. The molecule has 648 valence electrons. The number of phenolic OH excluding ortho intramolecular Hbond substituents is 3. The summed E-state index contributed by atoms with van der Waals surface area (Å²) < 4.78 is 39.5. The molecule has 1 aromatic heterocycles. The maximum Gasteiger partial charge on any atom is 0.270 e. The lowest BCUT2D eigenvalue weighted by atomic mass is 9.84. The third-order valence-electron chi connectivity index (χ3n) is 21.0. The molecule has 2 fully saturated rings. The molecule has 21 N–H and O–H groups in total. The molecule has 37 nitrogen and oxygen atoms in total. The molecule has 14 rings (SSSR count). The van der Waals surface area contributed by atoms with Gasteiger partial charge in [0.05, 0.1) is 60.3 Å². The van der Waals surface area contributed by atoms with E-state index in [4.69, 9.17) is 73.8 Å². The number of aromatic hydroxyl groups is 3. The Balaban J connectivity index is 1.02. The maximum absolute atomic E-state index is 16.3. The zero-order chi connectivity index (χ0) is 88.0. The van der Waals surface area contributed by atoms with Crippen molar-refractivity contribution in [1.82, 2.24) is 53.0 Å². The molecule has 2 saturated heterocycles. The second-order valence-electron chi connectivity index (χ2n) is 30.3. The molecule has 9 amide bonds. The summed E-state index contributed by atoms with van der Waals surface area (Å²) in [5.74, 6) is -15.8. The van der Waals surface area contributed by atoms with Gasteiger partial charge in [-0.25, -0.2) is 5.48 Å². The molecule has 0 spiro atoms. The average Bonchev–Trinajstić information content (AvgIpc) is 0.758. The van der Waals surface area contributed by atoms with Crippen molar-refractivity contribution in [3.63, 3.8) is 0 Å². The molecule has 0 aliphatic carbocycles. The number of aliphatic hydroxyl groups excluding tert-OH is 6. The first-order valence-corrected chi connectivity index (χ1v) is 39.4. The molecular weight excluding hydrogens is 1660 g/mol. The lowest BCUT2D eigenvalue weighted by Gasteiger charge is -2.48. The zero-order valence-electron chi connectivity index (χ0n) is 65.8. The van der Waals surface area contributed by atoms with Crippen molar-refractivity contribution in [2.75, 3.05) is 26.1 Å². The van der Waals surface area contributed by atoms with Gasteiger partial charge in [-0.15, -0.1) is 0 Å². The van der Waals surface area contributed by atoms with Crippen LogP contribution in [0.2, 0.25) is 15.1 Å². The molecule has 122 heavy (non-hydrogen) atoms. The van der Waals surface area contributed by atoms with Gasteiger partial charge in [0.25, 0.3) is 5.91 Å². The van der Waals surface area contributed by atoms with Gasteiger partial charge in [0, 0.05) is 53.0 Å². The maximum atomic E-state index is 16.3. The van der Waals surface area contributed by atoms with Crippen LogP contribution in [0.1, 0.15) is 116 Å². The number of halogens is 3. The number of nitrogens with zero attached hydrogens (tertiary/aromatic N) is 1. The summed E-state index contributed by atoms with van der Waals surface area (Å²) in [4.78, 5) is 142. The lowest BCUT2D eigenvalue weighted by Crippen LogP contribution is -2.65. The van der Waals surface area contributed by atoms with Crippen molar-refractivity contribution in [3.8, 4) is 57.1 Å². The number of benzene rings is 6. The van der Waals surface area contributed by atoms with E-state index in [1.807, 2.05) is 13.8 Å². The van der Waals surface area contributed by atoms with E-state index in [0.29, 0.717) is 21.8 Å². The number of pyridine rings is 1. The van der Waals surface area contributed by atoms with Crippen LogP contribution in [0.5, 0.6) is 46.0 Å². The molecule has 7 aliphatic rings. The molecular formula is C82H89Cl3N12O25. The number of hydrogen-bond donors (Lipinski definition) is 20. The van der Waals surface area contributed by atoms with Crippen LogP contribution in [0.25, 0.3) is 17.2 Å². The summed E-state index contributed by atoms with van der Waals surface area (Å²) in [5, 5.41) is 130. The minimum atomic E-state index is -2.38. The predicted octanol–water partition coefficient (Wildman–Crippen LogP) is 3.23. The fourth-order valence-corrected chi connectivity index (χ4v) is 15.3. The van der Waals surface area contributed by atoms with Crippen molar-refractivity contribution < 1.29 is 122 Å². The van der Waals surface area contributed by atoms with Crippen molar-refractivity contribution >= 4 is 99.7 Å². The number of amides is 9. The Labute approximate surface area is 710 Å². The zero-order valence-corrected chi connectivity index (χ0v) is 68.1. The number of anilines is 1. The van der Waals surface area contributed by atoms with Gasteiger partial charge in [0.1, 0.15) is 95.5 Å². The van der Waals surface area contributed by atoms with Crippen molar-refractivity contribution in [2.45, 2.75) is 163 Å². The van der Waals surface area contributed by atoms with Crippen LogP contribution in [0.3, 0.4) is 0 Å². The van der Waals surface area contributed by atoms with Crippen molar-refractivity contribution in [2.24, 2.45) is 11.7 Å². The summed E-state index contributed by atoms with van der Waals surface area (Å²) in [6, 6.07) is 8.21. The Kier molecular flexibility index (Phi) is 28.3. The van der Waals surface area contributed by atoms with Gasteiger partial charge in [0.2, 0.25) is 59.3 Å². The van der Waals surface area contributed by atoms with E-state index in [-0.39, 0.29) is 52.8 Å². The number of nitrogens with one attached hydrogen (secondary N) is 10. The first-order chi connectivity index (χ1) is 58.0. The van der Waals surface area contributed by atoms with Gasteiger partial charge in [-0.2, -0.15) is 0 Å². The highest BCUT2D eigenvalue weighted by atomic mass is 35.5. The number of fused-ring (bicyclic) bond motifs is 15. The number of aromatic nitrogens is 1. The number of carbonyl (C=O) groups excluding carboxylic acids is 9. The largest absolute Gasteiger partial charge is 0.508 e. The number of nitrogens with two attached hydrogens (primary N) is 1. The molecule has 0 unspecified atom stereocenters. The van der Waals surface area contributed by atoms with Gasteiger partial charge in [0.15, 0.2) is 23.9 Å². The number of hydroxylamine groups is 1. The Morgan fingerprint density at radius 2 is 1.36 bits per heavy atom. The number of primary amides is 1. The molecule has 11 bridgehead atoms. The first kappa shape index (κ1) is 89.9. The topological polar surface area (TPSA) is 560 Å². The quantitative estimate of drug-likeness (QED) is 0.0385. The van der Waals surface area contributed by atoms with Crippen LogP contribution in [-0.4, -0.2) is 204 Å². The standard InChI is InChI=1S/C82H89Cl3N12O25/c1-34(2)19-49(87-5)74(109)95-65-67(104)39-11-16-53(47(84)22-39)118-55-24-41-25-56(71(55)122-81-72(70(107)69(106)57(33-98)120-81)121-60-29-82(4,73(108)35(3)117-60)89-31-37-20-43(32-88-30-37)90-59(103)18-9-36-7-13-42(83)14-8-36)119-54-17-12-40(23-48(54)85)68(105)66-79(114)94-64(80(115)97-116-6)46-26-44(99)27-52(101)61(46)45-21-38(10-15-51(45)100)62(76(111)96-66)93-77(112)63(41)92-75(110)50(28-58(86)102)91-78(65)113/h7-18,20-27,30,32,34-35,49-50,57,60,62-70,72-73,81,87,89,98-101,104-108H,19,28-29,31,33H2,1-6H3,(H2,86,102)(H,90,103)(H,91,113)(H,92,110)(H,93,112)(H,94,114)(H,95,109)(H,96,111)(H,97,115)/b18-9+/t35-,49+,50-,57+,60-,62+,63+,64+,65+,66-,67+,68+,69+,70-,72+,73+,81-,82-/m0/s1. The summed E-state index contributed by atoms with van der Waals surface area (Å²) in [6.45, 7) is 5.81. The van der Waals surface area contributed by atoms with Crippen molar-refractivity contribution in [1.29, 1.82) is 0 Å². The van der Waals surface area contributed by atoms with E-state index in [9.17, 15) is 65.1 Å². The number of phenols is 3. The van der Waals surface area contributed by atoms with Crippen LogP contribution in [0.15, 0.2) is 128 Å². The molecule has 0 saturated carbocycles. The summed E-state index contributed by atoms with van der Waals surface area (Å²) >= 11 is 20.4. The molecule has 7 aromatic rings. The van der Waals surface area contributed by atoms with E-state index in [1.54, 1.807) is 43.3 Å².